The summed E-state index contributed by atoms with van der Waals surface area (Å²) in [6, 6.07) is -0.0800. The molecule has 1 atom stereocenters. The highest BCUT2D eigenvalue weighted by Crippen LogP contribution is 2.27. The molecule has 1 N–H and O–H groups in total. The molecule has 0 saturated heterocycles. The number of nitrogens with zero attached hydrogens (tertiary/aromatic N) is 4. The summed E-state index contributed by atoms with van der Waals surface area (Å²) >= 11 is 1.34. The molecular weight excluding hydrogens is 238 g/mol. The second-order valence-corrected chi connectivity index (χ2v) is 4.08. The zero-order valence-electron chi connectivity index (χ0n) is 9.62. The average Bonchev–Trinajstić information content (AvgIpc) is 2.89. The van der Waals surface area contributed by atoms with Gasteiger partial charge in [-0.05, 0) is 18.1 Å². The lowest BCUT2D eigenvalue weighted by Crippen LogP contribution is -2.23. The third kappa shape index (κ3) is 2.56. The number of hydrogen-bond acceptors (Lipinski definition) is 7. The Morgan fingerprint density at radius 3 is 2.88 bits per heavy atom. The van der Waals surface area contributed by atoms with Crippen molar-refractivity contribution in [2.24, 2.45) is 0 Å². The van der Waals surface area contributed by atoms with Crippen LogP contribution in [0.1, 0.15) is 23.5 Å². The molecule has 7 heteroatoms. The van der Waals surface area contributed by atoms with Gasteiger partial charge in [-0.3, -0.25) is 4.98 Å². The number of hydrogen-bond donors (Lipinski definition) is 1. The molecule has 2 aromatic rings. The van der Waals surface area contributed by atoms with Crippen molar-refractivity contribution in [3.63, 3.8) is 0 Å². The lowest BCUT2D eigenvalue weighted by Gasteiger charge is -2.16. The topological polar surface area (TPSA) is 72.8 Å². The molecule has 90 valence electrons. The summed E-state index contributed by atoms with van der Waals surface area (Å²) < 4.78 is 9.09. The summed E-state index contributed by atoms with van der Waals surface area (Å²) in [5, 5.41) is 7.17. The van der Waals surface area contributed by atoms with Crippen molar-refractivity contribution in [1.82, 2.24) is 24.9 Å². The van der Waals surface area contributed by atoms with E-state index in [0.717, 1.165) is 17.1 Å². The largest absolute Gasteiger partial charge is 0.480 e. The lowest BCUT2D eigenvalue weighted by molar-refractivity contribution is 0.383. The van der Waals surface area contributed by atoms with Gasteiger partial charge >= 0.3 is 0 Å². The van der Waals surface area contributed by atoms with Gasteiger partial charge < -0.3 is 10.1 Å². The predicted molar refractivity (Wildman–Crippen MR) is 64.0 cm³/mol. The zero-order valence-corrected chi connectivity index (χ0v) is 10.4. The smallest absolute Gasteiger partial charge is 0.237 e. The molecule has 17 heavy (non-hydrogen) atoms. The number of nitrogens with one attached hydrogen (secondary N) is 1. The minimum Gasteiger partial charge on any atom is -0.480 e. The van der Waals surface area contributed by atoms with Crippen molar-refractivity contribution in [1.29, 1.82) is 0 Å². The first-order valence-electron chi connectivity index (χ1n) is 5.22. The van der Waals surface area contributed by atoms with E-state index >= 15 is 0 Å². The molecule has 6 nitrogen and oxygen atoms in total. The van der Waals surface area contributed by atoms with Gasteiger partial charge in [0.25, 0.3) is 0 Å². The SMILES string of the molecule is CCNC(c1cnns1)c1nccnc1OC. The highest BCUT2D eigenvalue weighted by atomic mass is 32.1. The van der Waals surface area contributed by atoms with Gasteiger partial charge in [0.2, 0.25) is 5.88 Å². The van der Waals surface area contributed by atoms with Crippen LogP contribution in [0.2, 0.25) is 0 Å². The Bertz CT molecular complexity index is 461. The highest BCUT2D eigenvalue weighted by molar-refractivity contribution is 7.05. The summed E-state index contributed by atoms with van der Waals surface area (Å²) in [5.74, 6) is 0.520. The second-order valence-electron chi connectivity index (χ2n) is 3.26. The maximum atomic E-state index is 5.22. The van der Waals surface area contributed by atoms with Crippen LogP contribution < -0.4 is 10.1 Å². The minimum absolute atomic E-state index is 0.0800. The van der Waals surface area contributed by atoms with E-state index in [9.17, 15) is 0 Å². The molecule has 0 aliphatic heterocycles. The van der Waals surface area contributed by atoms with Crippen LogP contribution in [0.5, 0.6) is 5.88 Å². The summed E-state index contributed by atoms with van der Waals surface area (Å²) in [6.45, 7) is 2.84. The normalized spacial score (nSPS) is 12.4. The van der Waals surface area contributed by atoms with Gasteiger partial charge in [0.05, 0.1) is 24.2 Å². The van der Waals surface area contributed by atoms with E-state index in [1.807, 2.05) is 6.92 Å². The molecule has 2 rings (SSSR count). The Balaban J connectivity index is 2.39. The standard InChI is InChI=1S/C10H13N5OS/c1-3-11-8(7-6-14-15-17-7)9-10(16-2)13-5-4-12-9/h4-6,8,11H,3H2,1-2H3. The van der Waals surface area contributed by atoms with Crippen LogP contribution in [0.15, 0.2) is 18.6 Å². The molecule has 0 fully saturated rings. The van der Waals surface area contributed by atoms with E-state index in [1.54, 1.807) is 25.7 Å². The molecule has 0 bridgehead atoms. The fraction of sp³-hybridized carbons (Fsp3) is 0.400. The van der Waals surface area contributed by atoms with E-state index in [4.69, 9.17) is 4.74 Å². The Labute approximate surface area is 103 Å². The zero-order chi connectivity index (χ0) is 12.1. The maximum Gasteiger partial charge on any atom is 0.237 e. The maximum absolute atomic E-state index is 5.22. The van der Waals surface area contributed by atoms with Gasteiger partial charge in [-0.25, -0.2) is 4.98 Å². The molecule has 0 aliphatic carbocycles. The van der Waals surface area contributed by atoms with Crippen molar-refractivity contribution < 1.29 is 4.74 Å². The number of ether oxygens (including phenoxy) is 1. The molecule has 0 saturated carbocycles. The van der Waals surface area contributed by atoms with Gasteiger partial charge in [0.15, 0.2) is 0 Å². The highest BCUT2D eigenvalue weighted by Gasteiger charge is 2.21. The number of aromatic nitrogens is 4. The Kier molecular flexibility index (Phi) is 3.94. The van der Waals surface area contributed by atoms with E-state index in [1.165, 1.54) is 11.5 Å². The molecule has 0 aromatic carbocycles. The average molecular weight is 251 g/mol. The second kappa shape index (κ2) is 5.65. The third-order valence-corrected chi connectivity index (χ3v) is 2.96. The van der Waals surface area contributed by atoms with Crippen molar-refractivity contribution in [2.75, 3.05) is 13.7 Å². The quantitative estimate of drug-likeness (QED) is 0.856. The fourth-order valence-electron chi connectivity index (χ4n) is 1.53. The van der Waals surface area contributed by atoms with Crippen molar-refractivity contribution >= 4 is 11.5 Å². The Morgan fingerprint density at radius 2 is 2.24 bits per heavy atom. The molecular formula is C10H13N5OS. The summed E-state index contributed by atoms with van der Waals surface area (Å²) in [4.78, 5) is 9.47. The minimum atomic E-state index is -0.0800. The molecule has 0 amide bonds. The van der Waals surface area contributed by atoms with Crippen LogP contribution in [0, 0.1) is 0 Å². The Hall–Kier alpha value is -1.60. The molecule has 0 radical (unpaired) electrons. The summed E-state index contributed by atoms with van der Waals surface area (Å²) in [6.07, 6.45) is 4.99. The monoisotopic (exact) mass is 251 g/mol. The van der Waals surface area contributed by atoms with Crippen LogP contribution in [-0.4, -0.2) is 33.2 Å². The van der Waals surface area contributed by atoms with E-state index in [-0.39, 0.29) is 6.04 Å². The van der Waals surface area contributed by atoms with Gasteiger partial charge in [-0.15, -0.1) is 5.10 Å². The van der Waals surface area contributed by atoms with E-state index < -0.39 is 0 Å². The molecule has 1 unspecified atom stereocenters. The predicted octanol–water partition coefficient (Wildman–Crippen LogP) is 1.04. The number of rotatable bonds is 5. The van der Waals surface area contributed by atoms with Gasteiger partial charge in [0.1, 0.15) is 5.69 Å². The third-order valence-electron chi connectivity index (χ3n) is 2.23. The molecule has 2 aromatic heterocycles. The first-order valence-corrected chi connectivity index (χ1v) is 5.99. The Morgan fingerprint density at radius 1 is 1.41 bits per heavy atom. The summed E-state index contributed by atoms with van der Waals surface area (Å²) in [5.41, 5.74) is 0.753. The first kappa shape index (κ1) is 11.9. The van der Waals surface area contributed by atoms with Crippen LogP contribution in [0.3, 0.4) is 0 Å². The fourth-order valence-corrected chi connectivity index (χ4v) is 2.11. The van der Waals surface area contributed by atoms with E-state index in [2.05, 4.69) is 24.9 Å². The molecule has 0 aliphatic rings. The summed E-state index contributed by atoms with van der Waals surface area (Å²) in [7, 11) is 1.58. The van der Waals surface area contributed by atoms with Crippen LogP contribution in [0.4, 0.5) is 0 Å². The molecule has 2 heterocycles. The lowest BCUT2D eigenvalue weighted by atomic mass is 10.2. The van der Waals surface area contributed by atoms with Crippen LogP contribution >= 0.6 is 11.5 Å². The van der Waals surface area contributed by atoms with Gasteiger partial charge in [0, 0.05) is 12.4 Å². The van der Waals surface area contributed by atoms with E-state index in [0.29, 0.717) is 5.88 Å². The van der Waals surface area contributed by atoms with Crippen molar-refractivity contribution in [3.8, 4) is 5.88 Å². The molecule has 0 spiro atoms. The van der Waals surface area contributed by atoms with Gasteiger partial charge in [-0.2, -0.15) is 0 Å². The van der Waals surface area contributed by atoms with Crippen molar-refractivity contribution in [2.45, 2.75) is 13.0 Å². The van der Waals surface area contributed by atoms with Gasteiger partial charge in [-0.1, -0.05) is 11.4 Å². The van der Waals surface area contributed by atoms with Crippen molar-refractivity contribution in [3.05, 3.63) is 29.2 Å². The van der Waals surface area contributed by atoms with Crippen LogP contribution in [0.25, 0.3) is 0 Å². The first-order chi connectivity index (χ1) is 8.36. The number of methoxy groups -OCH3 is 1. The van der Waals surface area contributed by atoms with Crippen LogP contribution in [-0.2, 0) is 0 Å².